The molecule has 2 saturated heterocycles. The zero-order chi connectivity index (χ0) is 12.4. The van der Waals surface area contributed by atoms with Gasteiger partial charge >= 0.3 is 0 Å². The Hall–Kier alpha value is -0.830. The molecule has 7 nitrogen and oxygen atoms in total. The minimum Gasteiger partial charge on any atom is -0.616 e. The number of fused-ring (bicyclic) bond motifs is 1. The summed E-state index contributed by atoms with van der Waals surface area (Å²) in [6, 6.07) is 0. The van der Waals surface area contributed by atoms with Crippen LogP contribution in [0.15, 0.2) is 12.7 Å². The normalized spacial score (nSPS) is 37.5. The number of ether oxygens (including phenoxy) is 2. The van der Waals surface area contributed by atoms with E-state index in [0.717, 1.165) is 0 Å². The first-order chi connectivity index (χ1) is 8.13. The zero-order valence-electron chi connectivity index (χ0n) is 9.02. The van der Waals surface area contributed by atoms with Gasteiger partial charge in [-0.25, -0.2) is 0 Å². The summed E-state index contributed by atoms with van der Waals surface area (Å²) < 4.78 is 22.6. The van der Waals surface area contributed by atoms with E-state index in [-0.39, 0.29) is 24.6 Å². The molecule has 2 fully saturated rings. The van der Waals surface area contributed by atoms with Crippen LogP contribution in [-0.2, 0) is 25.5 Å². The molecule has 2 heterocycles. The summed E-state index contributed by atoms with van der Waals surface area (Å²) in [5.41, 5.74) is 0. The van der Waals surface area contributed by atoms with Crippen LogP contribution in [0.3, 0.4) is 0 Å². The second-order valence-corrected chi connectivity index (χ2v) is 5.54. The Bertz CT molecular complexity index is 314. The van der Waals surface area contributed by atoms with E-state index in [0.29, 0.717) is 5.75 Å². The van der Waals surface area contributed by atoms with Crippen LogP contribution < -0.4 is 0 Å². The summed E-state index contributed by atoms with van der Waals surface area (Å²) in [5.74, 6) is 0.362. The summed E-state index contributed by atoms with van der Waals surface area (Å²) in [7, 11) is 0. The van der Waals surface area contributed by atoms with Crippen LogP contribution in [0.4, 0.5) is 0 Å². The van der Waals surface area contributed by atoms with E-state index in [2.05, 4.69) is 11.4 Å². The van der Waals surface area contributed by atoms with Crippen LogP contribution in [-0.4, -0.2) is 52.2 Å². The summed E-state index contributed by atoms with van der Waals surface area (Å²) in [6.45, 7) is 3.89. The van der Waals surface area contributed by atoms with Crippen molar-refractivity contribution >= 4 is 11.2 Å². The fourth-order valence-corrected chi connectivity index (χ4v) is 3.34. The van der Waals surface area contributed by atoms with E-state index in [9.17, 15) is 14.7 Å². The molecule has 2 aliphatic rings. The van der Waals surface area contributed by atoms with Crippen molar-refractivity contribution < 1.29 is 24.0 Å². The van der Waals surface area contributed by atoms with E-state index in [1.165, 1.54) is 0 Å². The van der Waals surface area contributed by atoms with E-state index >= 15 is 0 Å². The van der Waals surface area contributed by atoms with Gasteiger partial charge in [0.1, 0.15) is 18.0 Å². The SMILES string of the molecule is C=CC[S@+]([O-])[C@H]1CO[C@H]2[C@@H]1OC[C@H]2O[N+](=O)[O-]. The molecule has 2 aliphatic heterocycles. The summed E-state index contributed by atoms with van der Waals surface area (Å²) >= 11 is -1.13. The third-order valence-corrected chi connectivity index (χ3v) is 4.45. The largest absolute Gasteiger partial charge is 0.616 e. The van der Waals surface area contributed by atoms with Gasteiger partial charge in [-0.3, -0.25) is 0 Å². The number of hydrogen-bond donors (Lipinski definition) is 0. The van der Waals surface area contributed by atoms with Crippen LogP contribution in [0.1, 0.15) is 0 Å². The van der Waals surface area contributed by atoms with Crippen molar-refractivity contribution in [2.45, 2.75) is 23.6 Å². The topological polar surface area (TPSA) is 93.9 Å². The standard InChI is InChI=1S/C9H13NO6S/c1-2-3-17(13)7-5-15-8-6(16-10(11)12)4-14-9(7)8/h2,6-9H,1,3-5H2/t6-,7+,8-,9-,17+/m1/s1. The summed E-state index contributed by atoms with van der Waals surface area (Å²) in [6.07, 6.45) is -0.0377. The summed E-state index contributed by atoms with van der Waals surface area (Å²) in [4.78, 5) is 14.7. The molecule has 2 rings (SSSR count). The lowest BCUT2D eigenvalue weighted by molar-refractivity contribution is -0.769. The molecule has 8 heteroatoms. The van der Waals surface area contributed by atoms with Gasteiger partial charge in [-0.2, -0.15) is 0 Å². The Kier molecular flexibility index (Phi) is 3.87. The third-order valence-electron chi connectivity index (χ3n) is 2.80. The smallest absolute Gasteiger partial charge is 0.294 e. The maximum absolute atomic E-state index is 11.8. The maximum atomic E-state index is 11.8. The van der Waals surface area contributed by atoms with E-state index in [1.807, 2.05) is 0 Å². The van der Waals surface area contributed by atoms with Gasteiger partial charge in [-0.1, -0.05) is 6.58 Å². The lowest BCUT2D eigenvalue weighted by Crippen LogP contribution is -2.38. The Morgan fingerprint density at radius 3 is 2.82 bits per heavy atom. The molecule has 0 saturated carbocycles. The highest BCUT2D eigenvalue weighted by atomic mass is 32.2. The molecule has 0 aromatic heterocycles. The molecule has 96 valence electrons. The van der Waals surface area contributed by atoms with Gasteiger partial charge in [0.2, 0.25) is 0 Å². The molecular weight excluding hydrogens is 250 g/mol. The van der Waals surface area contributed by atoms with Crippen molar-refractivity contribution in [2.75, 3.05) is 19.0 Å². The van der Waals surface area contributed by atoms with Crippen LogP contribution in [0.25, 0.3) is 0 Å². The fraction of sp³-hybridized carbons (Fsp3) is 0.778. The van der Waals surface area contributed by atoms with Crippen molar-refractivity contribution in [3.63, 3.8) is 0 Å². The minimum absolute atomic E-state index is 0.0953. The molecule has 5 atom stereocenters. The Labute approximate surface area is 101 Å². The van der Waals surface area contributed by atoms with Gasteiger partial charge in [-0.05, 0) is 17.3 Å². The highest BCUT2D eigenvalue weighted by Crippen LogP contribution is 2.32. The third kappa shape index (κ3) is 2.54. The quantitative estimate of drug-likeness (QED) is 0.291. The molecule has 0 aromatic rings. The van der Waals surface area contributed by atoms with E-state index in [1.54, 1.807) is 6.08 Å². The Morgan fingerprint density at radius 2 is 2.18 bits per heavy atom. The monoisotopic (exact) mass is 263 g/mol. The Morgan fingerprint density at radius 1 is 1.47 bits per heavy atom. The first-order valence-corrected chi connectivity index (χ1v) is 6.54. The van der Waals surface area contributed by atoms with Gasteiger partial charge in [0.15, 0.2) is 11.4 Å². The van der Waals surface area contributed by atoms with Crippen molar-refractivity contribution in [2.24, 2.45) is 0 Å². The van der Waals surface area contributed by atoms with Gasteiger partial charge in [0.05, 0.1) is 13.2 Å². The lowest BCUT2D eigenvalue weighted by Gasteiger charge is -2.19. The molecule has 0 bridgehead atoms. The van der Waals surface area contributed by atoms with Gasteiger partial charge in [-0.15, -0.1) is 10.1 Å². The molecule has 0 unspecified atom stereocenters. The number of hydrogen-bond acceptors (Lipinski definition) is 6. The fourth-order valence-electron chi connectivity index (χ4n) is 2.10. The molecule has 0 radical (unpaired) electrons. The van der Waals surface area contributed by atoms with Crippen LogP contribution >= 0.6 is 0 Å². The molecule has 0 spiro atoms. The average molecular weight is 263 g/mol. The van der Waals surface area contributed by atoms with Crippen LogP contribution in [0.2, 0.25) is 0 Å². The molecule has 0 amide bonds. The highest BCUT2D eigenvalue weighted by Gasteiger charge is 2.53. The second-order valence-electron chi connectivity index (χ2n) is 3.84. The van der Waals surface area contributed by atoms with Crippen molar-refractivity contribution in [3.8, 4) is 0 Å². The maximum Gasteiger partial charge on any atom is 0.294 e. The first kappa shape index (κ1) is 12.6. The van der Waals surface area contributed by atoms with Gasteiger partial charge in [0, 0.05) is 0 Å². The van der Waals surface area contributed by atoms with Crippen molar-refractivity contribution in [1.29, 1.82) is 0 Å². The first-order valence-electron chi connectivity index (χ1n) is 5.16. The lowest BCUT2D eigenvalue weighted by atomic mass is 10.1. The van der Waals surface area contributed by atoms with Crippen molar-refractivity contribution in [1.82, 2.24) is 0 Å². The van der Waals surface area contributed by atoms with Crippen LogP contribution in [0.5, 0.6) is 0 Å². The van der Waals surface area contributed by atoms with Crippen molar-refractivity contribution in [3.05, 3.63) is 22.8 Å². The molecule has 0 aliphatic carbocycles. The number of nitrogens with zero attached hydrogens (tertiary/aromatic N) is 1. The van der Waals surface area contributed by atoms with Gasteiger partial charge in [0.25, 0.3) is 5.09 Å². The van der Waals surface area contributed by atoms with Gasteiger partial charge < -0.3 is 18.9 Å². The predicted octanol–water partition coefficient (Wildman–Crippen LogP) is -0.336. The zero-order valence-corrected chi connectivity index (χ0v) is 9.84. The summed E-state index contributed by atoms with van der Waals surface area (Å²) in [5, 5.41) is 9.14. The second kappa shape index (κ2) is 5.21. The Balaban J connectivity index is 1.96. The molecular formula is C9H13NO6S. The molecule has 17 heavy (non-hydrogen) atoms. The van der Waals surface area contributed by atoms with E-state index < -0.39 is 28.5 Å². The highest BCUT2D eigenvalue weighted by molar-refractivity contribution is 7.92. The minimum atomic E-state index is -1.13. The number of rotatable bonds is 5. The van der Waals surface area contributed by atoms with E-state index in [4.69, 9.17) is 9.47 Å². The average Bonchev–Trinajstić information content (AvgIpc) is 2.80. The van der Waals surface area contributed by atoms with Crippen LogP contribution in [0, 0.1) is 10.1 Å². The molecule has 0 aromatic carbocycles. The molecule has 0 N–H and O–H groups in total. The predicted molar refractivity (Wildman–Crippen MR) is 58.3 cm³/mol.